The molecular formula is C19H28. The van der Waals surface area contributed by atoms with Crippen molar-refractivity contribution in [1.82, 2.24) is 0 Å². The molecule has 19 heavy (non-hydrogen) atoms. The molecule has 0 aromatic carbocycles. The Kier molecular flexibility index (Phi) is 3.01. The Morgan fingerprint density at radius 3 is 1.53 bits per heavy atom. The number of rotatable bonds is 1. The maximum atomic E-state index is 2.48. The Labute approximate surface area is 119 Å². The summed E-state index contributed by atoms with van der Waals surface area (Å²) < 4.78 is 0. The van der Waals surface area contributed by atoms with Crippen LogP contribution in [0.15, 0.2) is 45.1 Å². The standard InChI is InChI=1S/C19H28/c1-11-10-19(9,16(6)12(11)2)17-14(4)13(3)15(5)18(17,7)8/h10H,1-9H3. The summed E-state index contributed by atoms with van der Waals surface area (Å²) in [5, 5.41) is 0. The van der Waals surface area contributed by atoms with Crippen molar-refractivity contribution in [2.75, 3.05) is 0 Å². The minimum atomic E-state index is 0.0980. The first kappa shape index (κ1) is 14.4. The molecule has 0 aliphatic heterocycles. The predicted molar refractivity (Wildman–Crippen MR) is 85.1 cm³/mol. The molecule has 0 amide bonds. The zero-order valence-electron chi connectivity index (χ0n) is 14.1. The van der Waals surface area contributed by atoms with Gasteiger partial charge < -0.3 is 0 Å². The van der Waals surface area contributed by atoms with Crippen LogP contribution in [0.3, 0.4) is 0 Å². The van der Waals surface area contributed by atoms with Gasteiger partial charge in [0, 0.05) is 10.8 Å². The van der Waals surface area contributed by atoms with Crippen LogP contribution in [-0.4, -0.2) is 0 Å². The lowest BCUT2D eigenvalue weighted by Gasteiger charge is -2.38. The molecule has 0 aromatic heterocycles. The maximum Gasteiger partial charge on any atom is 0.0295 e. The zero-order valence-corrected chi connectivity index (χ0v) is 14.1. The van der Waals surface area contributed by atoms with E-state index in [9.17, 15) is 0 Å². The minimum absolute atomic E-state index is 0.0980. The second-order valence-electron chi connectivity index (χ2n) is 7.15. The topological polar surface area (TPSA) is 0 Å². The van der Waals surface area contributed by atoms with Crippen LogP contribution in [0.5, 0.6) is 0 Å². The Hall–Kier alpha value is -1.04. The van der Waals surface area contributed by atoms with E-state index in [0.717, 1.165) is 0 Å². The maximum absolute atomic E-state index is 2.48. The van der Waals surface area contributed by atoms with Crippen molar-refractivity contribution in [2.45, 2.75) is 62.3 Å². The van der Waals surface area contributed by atoms with Crippen LogP contribution < -0.4 is 0 Å². The number of allylic oxidation sites excluding steroid dienone is 8. The molecule has 0 spiro atoms. The van der Waals surface area contributed by atoms with E-state index in [1.165, 1.54) is 33.4 Å². The first-order chi connectivity index (χ1) is 8.55. The van der Waals surface area contributed by atoms with E-state index in [1.807, 2.05) is 0 Å². The molecule has 0 bridgehead atoms. The third kappa shape index (κ3) is 1.65. The van der Waals surface area contributed by atoms with Crippen molar-refractivity contribution < 1.29 is 0 Å². The summed E-state index contributed by atoms with van der Waals surface area (Å²) in [6.45, 7) is 20.9. The second kappa shape index (κ2) is 3.98. The van der Waals surface area contributed by atoms with Crippen molar-refractivity contribution in [1.29, 1.82) is 0 Å². The highest BCUT2D eigenvalue weighted by Gasteiger charge is 2.46. The molecule has 0 heterocycles. The highest BCUT2D eigenvalue weighted by atomic mass is 14.5. The summed E-state index contributed by atoms with van der Waals surface area (Å²) >= 11 is 0. The van der Waals surface area contributed by atoms with Crippen molar-refractivity contribution in [2.24, 2.45) is 10.8 Å². The summed E-state index contributed by atoms with van der Waals surface area (Å²) in [4.78, 5) is 0. The van der Waals surface area contributed by atoms with Gasteiger partial charge in [-0.15, -0.1) is 0 Å². The molecular weight excluding hydrogens is 228 g/mol. The Bertz CT molecular complexity index is 573. The molecule has 2 aliphatic rings. The monoisotopic (exact) mass is 256 g/mol. The van der Waals surface area contributed by atoms with Crippen molar-refractivity contribution in [3.63, 3.8) is 0 Å². The fourth-order valence-electron chi connectivity index (χ4n) is 4.23. The summed E-state index contributed by atoms with van der Waals surface area (Å²) in [5.41, 5.74) is 10.8. The quantitative estimate of drug-likeness (QED) is 0.541. The first-order valence-electron chi connectivity index (χ1n) is 7.33. The van der Waals surface area contributed by atoms with E-state index in [0.29, 0.717) is 0 Å². The molecule has 2 aliphatic carbocycles. The number of hydrogen-bond acceptors (Lipinski definition) is 0. The van der Waals surface area contributed by atoms with Crippen LogP contribution in [0, 0.1) is 10.8 Å². The van der Waals surface area contributed by atoms with E-state index in [2.05, 4.69) is 68.4 Å². The third-order valence-corrected chi connectivity index (χ3v) is 6.02. The van der Waals surface area contributed by atoms with E-state index in [4.69, 9.17) is 0 Å². The molecule has 1 atom stereocenters. The molecule has 0 fully saturated rings. The molecule has 0 saturated heterocycles. The Morgan fingerprint density at radius 2 is 1.21 bits per heavy atom. The molecule has 2 rings (SSSR count). The molecule has 0 N–H and O–H groups in total. The van der Waals surface area contributed by atoms with Crippen molar-refractivity contribution in [3.8, 4) is 0 Å². The van der Waals surface area contributed by atoms with Crippen molar-refractivity contribution in [3.05, 3.63) is 45.1 Å². The summed E-state index contributed by atoms with van der Waals surface area (Å²) in [7, 11) is 0. The van der Waals surface area contributed by atoms with Gasteiger partial charge in [0.25, 0.3) is 0 Å². The van der Waals surface area contributed by atoms with Gasteiger partial charge in [-0.3, -0.25) is 0 Å². The van der Waals surface area contributed by atoms with Gasteiger partial charge in [0.05, 0.1) is 0 Å². The lowest BCUT2D eigenvalue weighted by molar-refractivity contribution is 0.439. The molecule has 104 valence electrons. The van der Waals surface area contributed by atoms with Gasteiger partial charge in [-0.25, -0.2) is 0 Å². The van der Waals surface area contributed by atoms with E-state index < -0.39 is 0 Å². The minimum Gasteiger partial charge on any atom is -0.0673 e. The third-order valence-electron chi connectivity index (χ3n) is 6.02. The number of hydrogen-bond donors (Lipinski definition) is 0. The highest BCUT2D eigenvalue weighted by molar-refractivity contribution is 5.60. The predicted octanol–water partition coefficient (Wildman–Crippen LogP) is 5.98. The van der Waals surface area contributed by atoms with Gasteiger partial charge in [0.1, 0.15) is 0 Å². The molecule has 0 saturated carbocycles. The van der Waals surface area contributed by atoms with Gasteiger partial charge in [-0.05, 0) is 70.8 Å². The molecule has 0 radical (unpaired) electrons. The van der Waals surface area contributed by atoms with Crippen LogP contribution in [0.2, 0.25) is 0 Å². The fraction of sp³-hybridized carbons (Fsp3) is 0.579. The van der Waals surface area contributed by atoms with Crippen LogP contribution in [0.25, 0.3) is 0 Å². The van der Waals surface area contributed by atoms with Gasteiger partial charge in [0.2, 0.25) is 0 Å². The fourth-order valence-corrected chi connectivity index (χ4v) is 4.23. The van der Waals surface area contributed by atoms with Crippen LogP contribution in [0.4, 0.5) is 0 Å². The molecule has 1 unspecified atom stereocenters. The second-order valence-corrected chi connectivity index (χ2v) is 7.15. The SMILES string of the molecule is CC1=CC(C)(C2=C(C)C(C)=C(C)C2(C)C)C(C)=C1C. The Morgan fingerprint density at radius 1 is 0.684 bits per heavy atom. The lowest BCUT2D eigenvalue weighted by atomic mass is 9.65. The molecule has 0 nitrogen and oxygen atoms in total. The molecule has 0 aromatic rings. The average molecular weight is 256 g/mol. The first-order valence-corrected chi connectivity index (χ1v) is 7.33. The average Bonchev–Trinajstić information content (AvgIpc) is 2.59. The lowest BCUT2D eigenvalue weighted by Crippen LogP contribution is -2.27. The summed E-state index contributed by atoms with van der Waals surface area (Å²) in [6, 6.07) is 0. The summed E-state index contributed by atoms with van der Waals surface area (Å²) in [6.07, 6.45) is 2.48. The Balaban J connectivity index is 2.70. The van der Waals surface area contributed by atoms with Crippen LogP contribution in [-0.2, 0) is 0 Å². The largest absolute Gasteiger partial charge is 0.0673 e. The highest BCUT2D eigenvalue weighted by Crippen LogP contribution is 2.58. The molecule has 0 heteroatoms. The van der Waals surface area contributed by atoms with Crippen LogP contribution in [0.1, 0.15) is 62.3 Å². The van der Waals surface area contributed by atoms with Gasteiger partial charge in [-0.2, -0.15) is 0 Å². The van der Waals surface area contributed by atoms with Gasteiger partial charge in [0.15, 0.2) is 0 Å². The van der Waals surface area contributed by atoms with Crippen molar-refractivity contribution >= 4 is 0 Å². The summed E-state index contributed by atoms with van der Waals surface area (Å²) in [5.74, 6) is 0. The zero-order chi connectivity index (χ0) is 14.7. The van der Waals surface area contributed by atoms with Gasteiger partial charge >= 0.3 is 0 Å². The van der Waals surface area contributed by atoms with Gasteiger partial charge in [-0.1, -0.05) is 36.6 Å². The van der Waals surface area contributed by atoms with E-state index in [1.54, 1.807) is 5.57 Å². The smallest absolute Gasteiger partial charge is 0.0295 e. The van der Waals surface area contributed by atoms with E-state index >= 15 is 0 Å². The normalized spacial score (nSPS) is 30.7. The van der Waals surface area contributed by atoms with Crippen LogP contribution >= 0.6 is 0 Å². The van der Waals surface area contributed by atoms with E-state index in [-0.39, 0.29) is 10.8 Å².